The summed E-state index contributed by atoms with van der Waals surface area (Å²) in [7, 11) is 1.59. The van der Waals surface area contributed by atoms with Crippen LogP contribution >= 0.6 is 0 Å². The monoisotopic (exact) mass is 324 g/mol. The van der Waals surface area contributed by atoms with Crippen LogP contribution in [0, 0.1) is 0 Å². The first-order valence-corrected chi connectivity index (χ1v) is 7.81. The summed E-state index contributed by atoms with van der Waals surface area (Å²) in [6, 6.07) is 12.7. The first kappa shape index (κ1) is 16.1. The zero-order valence-electron chi connectivity index (χ0n) is 13.5. The second-order valence-electron chi connectivity index (χ2n) is 5.50. The molecule has 5 nitrogen and oxygen atoms in total. The molecule has 124 valence electrons. The Morgan fingerprint density at radius 3 is 2.58 bits per heavy atom. The van der Waals surface area contributed by atoms with Gasteiger partial charge in [-0.15, -0.1) is 0 Å². The van der Waals surface area contributed by atoms with Gasteiger partial charge in [-0.1, -0.05) is 0 Å². The summed E-state index contributed by atoms with van der Waals surface area (Å²) in [5, 5.41) is 1.08. The van der Waals surface area contributed by atoms with E-state index in [2.05, 4.69) is 4.98 Å². The Balaban J connectivity index is 1.70. The van der Waals surface area contributed by atoms with Crippen molar-refractivity contribution in [3.63, 3.8) is 0 Å². The van der Waals surface area contributed by atoms with Gasteiger partial charge in [0.2, 0.25) is 0 Å². The van der Waals surface area contributed by atoms with Gasteiger partial charge in [0.05, 0.1) is 7.11 Å². The minimum absolute atomic E-state index is 0.00548. The molecule has 0 amide bonds. The number of nitrogens with one attached hydrogen (secondary N) is 1. The fourth-order valence-electron chi connectivity index (χ4n) is 2.62. The van der Waals surface area contributed by atoms with Crippen LogP contribution in [-0.2, 0) is 6.42 Å². The SMILES string of the molecule is COc1ccc(C(=O)COc2ccc3[nH]cc(CCN)c3c2)cc1. The molecule has 0 fully saturated rings. The Labute approximate surface area is 140 Å². The van der Waals surface area contributed by atoms with Gasteiger partial charge < -0.3 is 20.2 Å². The van der Waals surface area contributed by atoms with Gasteiger partial charge in [-0.05, 0) is 61.0 Å². The van der Waals surface area contributed by atoms with Crippen molar-refractivity contribution >= 4 is 16.7 Å². The summed E-state index contributed by atoms with van der Waals surface area (Å²) in [6.07, 6.45) is 2.76. The average molecular weight is 324 g/mol. The molecule has 0 saturated carbocycles. The number of aromatic nitrogens is 1. The van der Waals surface area contributed by atoms with Crippen molar-refractivity contribution in [1.82, 2.24) is 4.98 Å². The molecule has 0 aliphatic heterocycles. The van der Waals surface area contributed by atoms with E-state index in [9.17, 15) is 4.79 Å². The Hall–Kier alpha value is -2.79. The maximum Gasteiger partial charge on any atom is 0.200 e. The summed E-state index contributed by atoms with van der Waals surface area (Å²) in [5.74, 6) is 1.31. The lowest BCUT2D eigenvalue weighted by molar-refractivity contribution is 0.0921. The number of nitrogens with two attached hydrogens (primary N) is 1. The van der Waals surface area contributed by atoms with Gasteiger partial charge in [-0.25, -0.2) is 0 Å². The average Bonchev–Trinajstić information content (AvgIpc) is 3.02. The first-order chi connectivity index (χ1) is 11.7. The molecule has 0 unspecified atom stereocenters. The Bertz CT molecular complexity index is 837. The van der Waals surface area contributed by atoms with E-state index in [4.69, 9.17) is 15.2 Å². The zero-order valence-corrected chi connectivity index (χ0v) is 13.5. The molecule has 0 aliphatic carbocycles. The van der Waals surface area contributed by atoms with E-state index < -0.39 is 0 Å². The largest absolute Gasteiger partial charge is 0.497 e. The first-order valence-electron chi connectivity index (χ1n) is 7.81. The number of ketones is 1. The number of methoxy groups -OCH3 is 1. The number of hydrogen-bond donors (Lipinski definition) is 2. The van der Waals surface area contributed by atoms with Gasteiger partial charge in [0.1, 0.15) is 11.5 Å². The van der Waals surface area contributed by atoms with Crippen molar-refractivity contribution < 1.29 is 14.3 Å². The number of rotatable bonds is 7. The molecule has 3 aromatic rings. The van der Waals surface area contributed by atoms with Gasteiger partial charge in [-0.3, -0.25) is 4.79 Å². The minimum atomic E-state index is -0.0750. The van der Waals surface area contributed by atoms with E-state index in [0.29, 0.717) is 17.9 Å². The van der Waals surface area contributed by atoms with Crippen molar-refractivity contribution in [1.29, 1.82) is 0 Å². The van der Waals surface area contributed by atoms with Crippen molar-refractivity contribution in [3.05, 3.63) is 59.8 Å². The van der Waals surface area contributed by atoms with Crippen molar-refractivity contribution in [2.45, 2.75) is 6.42 Å². The second kappa shape index (κ2) is 7.19. The predicted molar refractivity (Wildman–Crippen MR) is 93.9 cm³/mol. The van der Waals surface area contributed by atoms with Gasteiger partial charge in [0, 0.05) is 22.7 Å². The van der Waals surface area contributed by atoms with E-state index in [1.807, 2.05) is 24.4 Å². The molecule has 24 heavy (non-hydrogen) atoms. The van der Waals surface area contributed by atoms with E-state index in [-0.39, 0.29) is 12.4 Å². The molecule has 0 aliphatic rings. The fourth-order valence-corrected chi connectivity index (χ4v) is 2.62. The highest BCUT2D eigenvalue weighted by Gasteiger charge is 2.09. The molecule has 0 spiro atoms. The van der Waals surface area contributed by atoms with E-state index in [1.165, 1.54) is 0 Å². The summed E-state index contributed by atoms with van der Waals surface area (Å²) in [6.45, 7) is 0.586. The smallest absolute Gasteiger partial charge is 0.200 e. The van der Waals surface area contributed by atoms with Crippen LogP contribution in [0.5, 0.6) is 11.5 Å². The van der Waals surface area contributed by atoms with Crippen molar-refractivity contribution in [2.75, 3.05) is 20.3 Å². The molecule has 1 aromatic heterocycles. The van der Waals surface area contributed by atoms with Crippen LogP contribution in [0.15, 0.2) is 48.7 Å². The highest BCUT2D eigenvalue weighted by Crippen LogP contribution is 2.24. The van der Waals surface area contributed by atoms with E-state index in [0.717, 1.165) is 28.6 Å². The minimum Gasteiger partial charge on any atom is -0.497 e. The van der Waals surface area contributed by atoms with Crippen molar-refractivity contribution in [3.8, 4) is 11.5 Å². The number of hydrogen-bond acceptors (Lipinski definition) is 4. The lowest BCUT2D eigenvalue weighted by Crippen LogP contribution is -2.11. The molecular weight excluding hydrogens is 304 g/mol. The second-order valence-corrected chi connectivity index (χ2v) is 5.50. The van der Waals surface area contributed by atoms with Gasteiger partial charge >= 0.3 is 0 Å². The third-order valence-corrected chi connectivity index (χ3v) is 3.93. The standard InChI is InChI=1S/C19H20N2O3/c1-23-15-4-2-13(3-5-15)19(22)12-24-16-6-7-18-17(10-16)14(8-9-20)11-21-18/h2-7,10-11,21H,8-9,12,20H2,1H3. The quantitative estimate of drug-likeness (QED) is 0.655. The highest BCUT2D eigenvalue weighted by molar-refractivity contribution is 5.97. The molecular formula is C19H20N2O3. The third-order valence-electron chi connectivity index (χ3n) is 3.93. The summed E-state index contributed by atoms with van der Waals surface area (Å²) in [4.78, 5) is 15.4. The lowest BCUT2D eigenvalue weighted by Gasteiger charge is -2.07. The Morgan fingerprint density at radius 2 is 1.88 bits per heavy atom. The van der Waals surface area contributed by atoms with Crippen LogP contribution in [0.1, 0.15) is 15.9 Å². The lowest BCUT2D eigenvalue weighted by atomic mass is 10.1. The summed E-state index contributed by atoms with van der Waals surface area (Å²) >= 11 is 0. The van der Waals surface area contributed by atoms with Crippen LogP contribution in [0.3, 0.4) is 0 Å². The van der Waals surface area contributed by atoms with Gasteiger partial charge in [0.25, 0.3) is 0 Å². The summed E-state index contributed by atoms with van der Waals surface area (Å²) in [5.41, 5.74) is 8.42. The molecule has 2 aromatic carbocycles. The highest BCUT2D eigenvalue weighted by atomic mass is 16.5. The van der Waals surface area contributed by atoms with Crippen LogP contribution in [0.25, 0.3) is 10.9 Å². The normalized spacial score (nSPS) is 10.8. The number of benzene rings is 2. The molecule has 3 rings (SSSR count). The molecule has 0 atom stereocenters. The molecule has 0 bridgehead atoms. The molecule has 5 heteroatoms. The molecule has 0 saturated heterocycles. The topological polar surface area (TPSA) is 77.3 Å². The van der Waals surface area contributed by atoms with E-state index >= 15 is 0 Å². The number of H-pyrrole nitrogens is 1. The Morgan fingerprint density at radius 1 is 1.12 bits per heavy atom. The third kappa shape index (κ3) is 3.41. The number of carbonyl (C=O) groups is 1. The zero-order chi connectivity index (χ0) is 16.9. The van der Waals surface area contributed by atoms with Crippen LogP contribution < -0.4 is 15.2 Å². The predicted octanol–water partition coefficient (Wildman–Crippen LogP) is 2.94. The molecule has 3 N–H and O–H groups in total. The van der Waals surface area contributed by atoms with Crippen LogP contribution in [0.4, 0.5) is 0 Å². The van der Waals surface area contributed by atoms with Crippen LogP contribution in [0.2, 0.25) is 0 Å². The summed E-state index contributed by atoms with van der Waals surface area (Å²) < 4.78 is 10.8. The van der Waals surface area contributed by atoms with Gasteiger partial charge in [0.15, 0.2) is 12.4 Å². The number of fused-ring (bicyclic) bond motifs is 1. The number of carbonyl (C=O) groups excluding carboxylic acids is 1. The van der Waals surface area contributed by atoms with Crippen molar-refractivity contribution in [2.24, 2.45) is 5.73 Å². The molecule has 1 heterocycles. The Kier molecular flexibility index (Phi) is 4.82. The van der Waals surface area contributed by atoms with Crippen LogP contribution in [-0.4, -0.2) is 31.0 Å². The number of ether oxygens (including phenoxy) is 2. The number of Topliss-reactive ketones (excluding diaryl/α,β-unsaturated/α-hetero) is 1. The molecule has 0 radical (unpaired) electrons. The maximum absolute atomic E-state index is 12.2. The van der Waals surface area contributed by atoms with Gasteiger partial charge in [-0.2, -0.15) is 0 Å². The van der Waals surface area contributed by atoms with E-state index in [1.54, 1.807) is 31.4 Å². The fraction of sp³-hybridized carbons (Fsp3) is 0.211. The maximum atomic E-state index is 12.2. The number of aromatic amines is 1.